The standard InChI is InChI=1S/C10H11F4NO3/c11-6-1-2-7(15-3-5(17)4-16)9(18)8(6)10(12,13)14/h1-2,5,15-18H,3-4H2. The van der Waals surface area contributed by atoms with Gasteiger partial charge in [0.25, 0.3) is 0 Å². The molecule has 0 heterocycles. The van der Waals surface area contributed by atoms with Crippen LogP contribution in [0.5, 0.6) is 5.75 Å². The molecule has 18 heavy (non-hydrogen) atoms. The highest BCUT2D eigenvalue weighted by atomic mass is 19.4. The maximum Gasteiger partial charge on any atom is 0.422 e. The van der Waals surface area contributed by atoms with Gasteiger partial charge in [-0.3, -0.25) is 0 Å². The highest BCUT2D eigenvalue weighted by molar-refractivity contribution is 5.60. The number of rotatable bonds is 4. The summed E-state index contributed by atoms with van der Waals surface area (Å²) in [5, 5.41) is 29.1. The predicted molar refractivity (Wildman–Crippen MR) is 54.6 cm³/mol. The number of aromatic hydroxyl groups is 1. The van der Waals surface area contributed by atoms with Crippen molar-refractivity contribution in [1.29, 1.82) is 0 Å². The zero-order valence-electron chi connectivity index (χ0n) is 9.00. The molecule has 0 amide bonds. The Kier molecular flexibility index (Phi) is 4.36. The summed E-state index contributed by atoms with van der Waals surface area (Å²) in [6, 6.07) is 1.46. The van der Waals surface area contributed by atoms with Crippen molar-refractivity contribution >= 4 is 5.69 Å². The molecule has 0 aliphatic heterocycles. The van der Waals surface area contributed by atoms with Gasteiger partial charge in [-0.2, -0.15) is 13.2 Å². The Balaban J connectivity index is 3.02. The summed E-state index contributed by atoms with van der Waals surface area (Å²) in [6.45, 7) is -0.881. The number of hydrogen-bond acceptors (Lipinski definition) is 4. The minimum absolute atomic E-state index is 0.285. The van der Waals surface area contributed by atoms with Gasteiger partial charge >= 0.3 is 6.18 Å². The lowest BCUT2D eigenvalue weighted by atomic mass is 10.1. The Hall–Kier alpha value is -1.54. The highest BCUT2D eigenvalue weighted by Crippen LogP contribution is 2.41. The van der Waals surface area contributed by atoms with Crippen molar-refractivity contribution in [2.24, 2.45) is 0 Å². The van der Waals surface area contributed by atoms with E-state index in [0.717, 1.165) is 6.07 Å². The van der Waals surface area contributed by atoms with Crippen LogP contribution in [-0.4, -0.2) is 34.6 Å². The van der Waals surface area contributed by atoms with E-state index in [4.69, 9.17) is 10.2 Å². The normalized spacial score (nSPS) is 13.4. The number of phenols is 1. The lowest BCUT2D eigenvalue weighted by Gasteiger charge is -2.15. The van der Waals surface area contributed by atoms with E-state index in [1.165, 1.54) is 0 Å². The second-order valence-corrected chi connectivity index (χ2v) is 3.53. The summed E-state index contributed by atoms with van der Waals surface area (Å²) in [5.74, 6) is -2.87. The van der Waals surface area contributed by atoms with Crippen LogP contribution in [0.4, 0.5) is 23.2 Å². The molecule has 4 nitrogen and oxygen atoms in total. The third-order valence-corrected chi connectivity index (χ3v) is 2.15. The third-order valence-electron chi connectivity index (χ3n) is 2.15. The minimum Gasteiger partial charge on any atom is -0.505 e. The average Bonchev–Trinajstić information content (AvgIpc) is 2.25. The van der Waals surface area contributed by atoms with Gasteiger partial charge in [-0.05, 0) is 12.1 Å². The van der Waals surface area contributed by atoms with Crippen LogP contribution in [0, 0.1) is 5.82 Å². The number of phenolic OH excluding ortho intramolecular Hbond substituents is 1. The van der Waals surface area contributed by atoms with Crippen LogP contribution in [0.3, 0.4) is 0 Å². The van der Waals surface area contributed by atoms with Crippen molar-refractivity contribution in [1.82, 2.24) is 0 Å². The lowest BCUT2D eigenvalue weighted by molar-refractivity contribution is -0.141. The fourth-order valence-corrected chi connectivity index (χ4v) is 1.27. The van der Waals surface area contributed by atoms with Crippen molar-refractivity contribution in [2.75, 3.05) is 18.5 Å². The van der Waals surface area contributed by atoms with E-state index >= 15 is 0 Å². The molecule has 0 aromatic heterocycles. The van der Waals surface area contributed by atoms with Gasteiger partial charge in [-0.15, -0.1) is 0 Å². The van der Waals surface area contributed by atoms with Gasteiger partial charge in [0.15, 0.2) is 5.75 Å². The molecule has 0 saturated heterocycles. The second-order valence-electron chi connectivity index (χ2n) is 3.53. The Morgan fingerprint density at radius 1 is 1.28 bits per heavy atom. The van der Waals surface area contributed by atoms with Gasteiger partial charge in [0.1, 0.15) is 11.4 Å². The van der Waals surface area contributed by atoms with Crippen molar-refractivity contribution in [2.45, 2.75) is 12.3 Å². The second kappa shape index (κ2) is 5.40. The van der Waals surface area contributed by atoms with E-state index in [1.54, 1.807) is 0 Å². The van der Waals surface area contributed by atoms with E-state index in [0.29, 0.717) is 6.07 Å². The molecule has 102 valence electrons. The first-order chi connectivity index (χ1) is 8.27. The predicted octanol–water partition coefficient (Wildman–Crippen LogP) is 1.32. The largest absolute Gasteiger partial charge is 0.505 e. The number of nitrogens with one attached hydrogen (secondary N) is 1. The van der Waals surface area contributed by atoms with Crippen LogP contribution >= 0.6 is 0 Å². The van der Waals surface area contributed by atoms with E-state index in [1.807, 2.05) is 0 Å². The zero-order valence-corrected chi connectivity index (χ0v) is 9.00. The summed E-state index contributed by atoms with van der Waals surface area (Å²) in [7, 11) is 0. The van der Waals surface area contributed by atoms with Crippen LogP contribution in [0.1, 0.15) is 5.56 Å². The molecule has 4 N–H and O–H groups in total. The third kappa shape index (κ3) is 3.23. The number of hydrogen-bond donors (Lipinski definition) is 4. The molecule has 1 unspecified atom stereocenters. The first-order valence-electron chi connectivity index (χ1n) is 4.88. The van der Waals surface area contributed by atoms with Gasteiger partial charge in [0.2, 0.25) is 0 Å². The Morgan fingerprint density at radius 2 is 1.89 bits per heavy atom. The quantitative estimate of drug-likeness (QED) is 0.491. The van der Waals surface area contributed by atoms with E-state index in [-0.39, 0.29) is 12.2 Å². The monoisotopic (exact) mass is 269 g/mol. The average molecular weight is 269 g/mol. The topological polar surface area (TPSA) is 72.7 Å². The van der Waals surface area contributed by atoms with Crippen molar-refractivity contribution in [3.05, 3.63) is 23.5 Å². The zero-order chi connectivity index (χ0) is 13.9. The van der Waals surface area contributed by atoms with Gasteiger partial charge in [-0.25, -0.2) is 4.39 Å². The summed E-state index contributed by atoms with van der Waals surface area (Å²) >= 11 is 0. The molecule has 1 rings (SSSR count). The number of aliphatic hydroxyl groups excluding tert-OH is 2. The van der Waals surface area contributed by atoms with Gasteiger partial charge in [-0.1, -0.05) is 0 Å². The molecule has 0 aliphatic rings. The molecule has 1 aromatic rings. The number of benzene rings is 1. The fraction of sp³-hybridized carbons (Fsp3) is 0.400. The summed E-state index contributed by atoms with van der Waals surface area (Å²) in [5.41, 5.74) is -2.15. The van der Waals surface area contributed by atoms with Crippen LogP contribution in [0.15, 0.2) is 12.1 Å². The van der Waals surface area contributed by atoms with Crippen molar-refractivity contribution in [3.63, 3.8) is 0 Å². The number of alkyl halides is 3. The maximum absolute atomic E-state index is 13.0. The molecular formula is C10H11F4NO3. The molecule has 8 heteroatoms. The molecular weight excluding hydrogens is 258 g/mol. The first-order valence-corrected chi connectivity index (χ1v) is 4.88. The summed E-state index contributed by atoms with van der Waals surface area (Å²) < 4.78 is 50.3. The number of anilines is 1. The smallest absolute Gasteiger partial charge is 0.422 e. The molecule has 0 spiro atoms. The minimum atomic E-state index is -5.03. The molecule has 0 fully saturated rings. The first kappa shape index (κ1) is 14.5. The van der Waals surface area contributed by atoms with Crippen LogP contribution < -0.4 is 5.32 Å². The molecule has 0 saturated carbocycles. The van der Waals surface area contributed by atoms with E-state index in [9.17, 15) is 22.7 Å². The van der Waals surface area contributed by atoms with Gasteiger partial charge < -0.3 is 20.6 Å². The maximum atomic E-state index is 13.0. The van der Waals surface area contributed by atoms with Crippen molar-refractivity contribution < 1.29 is 32.9 Å². The lowest BCUT2D eigenvalue weighted by Crippen LogP contribution is -2.23. The number of halogens is 4. The Labute approximate surface area is 99.5 Å². The molecule has 0 aliphatic carbocycles. The van der Waals surface area contributed by atoms with Crippen LogP contribution in [-0.2, 0) is 6.18 Å². The summed E-state index contributed by atoms with van der Waals surface area (Å²) in [4.78, 5) is 0. The van der Waals surface area contributed by atoms with Crippen LogP contribution in [0.25, 0.3) is 0 Å². The molecule has 0 bridgehead atoms. The molecule has 1 atom stereocenters. The molecule has 1 aromatic carbocycles. The highest BCUT2D eigenvalue weighted by Gasteiger charge is 2.38. The fourth-order valence-electron chi connectivity index (χ4n) is 1.27. The van der Waals surface area contributed by atoms with E-state index in [2.05, 4.69) is 5.32 Å². The van der Waals surface area contributed by atoms with E-state index < -0.39 is 36.0 Å². The summed E-state index contributed by atoms with van der Waals surface area (Å²) in [6.07, 6.45) is -6.23. The Morgan fingerprint density at radius 3 is 2.39 bits per heavy atom. The van der Waals surface area contributed by atoms with Gasteiger partial charge in [0.05, 0.1) is 18.4 Å². The van der Waals surface area contributed by atoms with Gasteiger partial charge in [0, 0.05) is 6.54 Å². The van der Waals surface area contributed by atoms with Crippen LogP contribution in [0.2, 0.25) is 0 Å². The van der Waals surface area contributed by atoms with Crippen molar-refractivity contribution in [3.8, 4) is 5.75 Å². The number of aliphatic hydroxyl groups is 2. The SMILES string of the molecule is OCC(O)CNc1ccc(F)c(C(F)(F)F)c1O. The molecule has 0 radical (unpaired) electrons. The Bertz CT molecular complexity index is 422.